The van der Waals surface area contributed by atoms with Crippen LogP contribution in [0.15, 0.2) is 24.3 Å². The largest absolute Gasteiger partial charge is 0.444 e. The van der Waals surface area contributed by atoms with Gasteiger partial charge in [0.15, 0.2) is 5.96 Å². The van der Waals surface area contributed by atoms with Crippen LogP contribution in [0.2, 0.25) is 0 Å². The molecule has 0 saturated carbocycles. The standard InChI is InChI=1S/C16H20N4O4/c1-9(18-14(17)19-15(23)24-16(2,3)4)20-12(21)10-7-5-6-8-11(10)13(20)22/h5-9H,1-4H3,(H3,17,18,19,23). The molecule has 8 heteroatoms. The third-order valence-electron chi connectivity index (χ3n) is 3.19. The maximum atomic E-state index is 12.3. The fraction of sp³-hybridized carbons (Fsp3) is 0.375. The summed E-state index contributed by atoms with van der Waals surface area (Å²) >= 11 is 0. The van der Waals surface area contributed by atoms with Gasteiger partial charge in [-0.25, -0.2) is 4.79 Å². The van der Waals surface area contributed by atoms with Gasteiger partial charge in [0, 0.05) is 0 Å². The lowest BCUT2D eigenvalue weighted by atomic mass is 10.1. The average Bonchev–Trinajstić information content (AvgIpc) is 2.69. The molecular weight excluding hydrogens is 312 g/mol. The van der Waals surface area contributed by atoms with Crippen LogP contribution >= 0.6 is 0 Å². The molecule has 1 aromatic rings. The van der Waals surface area contributed by atoms with E-state index < -0.39 is 29.7 Å². The van der Waals surface area contributed by atoms with Crippen LogP contribution in [0.4, 0.5) is 4.79 Å². The Bertz CT molecular complexity index is 673. The van der Waals surface area contributed by atoms with Gasteiger partial charge in [-0.1, -0.05) is 12.1 Å². The lowest BCUT2D eigenvalue weighted by molar-refractivity contribution is 0.0559. The van der Waals surface area contributed by atoms with Crippen molar-refractivity contribution in [1.82, 2.24) is 15.5 Å². The van der Waals surface area contributed by atoms with E-state index in [4.69, 9.17) is 10.1 Å². The summed E-state index contributed by atoms with van der Waals surface area (Å²) in [7, 11) is 0. The van der Waals surface area contributed by atoms with Crippen LogP contribution in [0.5, 0.6) is 0 Å². The van der Waals surface area contributed by atoms with Crippen molar-refractivity contribution in [2.45, 2.75) is 39.5 Å². The van der Waals surface area contributed by atoms with Crippen LogP contribution in [0.1, 0.15) is 48.4 Å². The summed E-state index contributed by atoms with van der Waals surface area (Å²) in [4.78, 5) is 37.3. The first-order chi connectivity index (χ1) is 11.1. The second kappa shape index (κ2) is 6.31. The number of hydrogen-bond donors (Lipinski definition) is 3. The van der Waals surface area contributed by atoms with Crippen molar-refractivity contribution in [3.63, 3.8) is 0 Å². The summed E-state index contributed by atoms with van der Waals surface area (Å²) in [5.74, 6) is -1.25. The van der Waals surface area contributed by atoms with Gasteiger partial charge in [0.2, 0.25) is 0 Å². The highest BCUT2D eigenvalue weighted by molar-refractivity contribution is 6.21. The molecule has 0 spiro atoms. The third kappa shape index (κ3) is 3.70. The molecule has 1 unspecified atom stereocenters. The van der Waals surface area contributed by atoms with Gasteiger partial charge in [-0.3, -0.25) is 25.2 Å². The monoisotopic (exact) mass is 332 g/mol. The predicted octanol–water partition coefficient (Wildman–Crippen LogP) is 1.68. The van der Waals surface area contributed by atoms with E-state index >= 15 is 0 Å². The van der Waals surface area contributed by atoms with E-state index in [2.05, 4.69) is 10.6 Å². The van der Waals surface area contributed by atoms with Crippen LogP contribution < -0.4 is 10.6 Å². The van der Waals surface area contributed by atoms with Crippen molar-refractivity contribution < 1.29 is 19.1 Å². The average molecular weight is 332 g/mol. The molecule has 8 nitrogen and oxygen atoms in total. The van der Waals surface area contributed by atoms with Crippen molar-refractivity contribution >= 4 is 23.9 Å². The number of nitrogens with one attached hydrogen (secondary N) is 3. The molecule has 0 bridgehead atoms. The number of amides is 3. The number of guanidine groups is 1. The zero-order valence-corrected chi connectivity index (χ0v) is 14.0. The summed E-state index contributed by atoms with van der Waals surface area (Å²) in [5.41, 5.74) is -0.0519. The topological polar surface area (TPSA) is 112 Å². The summed E-state index contributed by atoms with van der Waals surface area (Å²) < 4.78 is 5.03. The van der Waals surface area contributed by atoms with E-state index in [1.165, 1.54) is 0 Å². The van der Waals surface area contributed by atoms with Crippen LogP contribution in [0, 0.1) is 5.41 Å². The number of rotatable bonds is 2. The van der Waals surface area contributed by atoms with E-state index in [9.17, 15) is 14.4 Å². The number of hydrogen-bond acceptors (Lipinski definition) is 5. The van der Waals surface area contributed by atoms with Gasteiger partial charge >= 0.3 is 6.09 Å². The number of carbonyl (C=O) groups excluding carboxylic acids is 3. The highest BCUT2D eigenvalue weighted by atomic mass is 16.6. The third-order valence-corrected chi connectivity index (χ3v) is 3.19. The zero-order valence-electron chi connectivity index (χ0n) is 14.0. The maximum absolute atomic E-state index is 12.3. The maximum Gasteiger partial charge on any atom is 0.414 e. The molecule has 0 fully saturated rings. The Morgan fingerprint density at radius 1 is 1.17 bits per heavy atom. The Morgan fingerprint density at radius 3 is 2.12 bits per heavy atom. The second-order valence-corrected chi connectivity index (χ2v) is 6.35. The smallest absolute Gasteiger partial charge is 0.414 e. The van der Waals surface area contributed by atoms with E-state index in [-0.39, 0.29) is 5.96 Å². The number of alkyl carbamates (subject to hydrolysis) is 1. The number of fused-ring (bicyclic) bond motifs is 1. The number of carbonyl (C=O) groups is 3. The zero-order chi connectivity index (χ0) is 18.1. The van der Waals surface area contributed by atoms with E-state index in [0.29, 0.717) is 11.1 Å². The number of imide groups is 1. The summed E-state index contributed by atoms with van der Waals surface area (Å²) in [6.45, 7) is 6.65. The van der Waals surface area contributed by atoms with Crippen LogP contribution in [0.3, 0.4) is 0 Å². The van der Waals surface area contributed by atoms with Gasteiger partial charge in [0.1, 0.15) is 11.8 Å². The van der Waals surface area contributed by atoms with Gasteiger partial charge in [-0.05, 0) is 39.8 Å². The predicted molar refractivity (Wildman–Crippen MR) is 86.6 cm³/mol. The summed E-state index contributed by atoms with van der Waals surface area (Å²) in [6.07, 6.45) is -1.60. The van der Waals surface area contributed by atoms with Crippen LogP contribution in [-0.2, 0) is 4.74 Å². The molecule has 128 valence electrons. The quantitative estimate of drug-likeness (QED) is 0.433. The number of benzene rings is 1. The molecule has 0 aromatic heterocycles. The first-order valence-corrected chi connectivity index (χ1v) is 7.42. The number of ether oxygens (including phenoxy) is 1. The Balaban J connectivity index is 2.00. The molecule has 1 aromatic carbocycles. The van der Waals surface area contributed by atoms with Gasteiger partial charge in [-0.15, -0.1) is 0 Å². The molecule has 0 radical (unpaired) electrons. The lowest BCUT2D eigenvalue weighted by Gasteiger charge is -2.25. The van der Waals surface area contributed by atoms with Gasteiger partial charge in [-0.2, -0.15) is 0 Å². The van der Waals surface area contributed by atoms with E-state index in [1.807, 2.05) is 0 Å². The molecular formula is C16H20N4O4. The van der Waals surface area contributed by atoms with Crippen molar-refractivity contribution in [3.8, 4) is 0 Å². The Hall–Kier alpha value is -2.90. The Labute approximate surface area is 139 Å². The molecule has 0 aliphatic carbocycles. The summed E-state index contributed by atoms with van der Waals surface area (Å²) in [6, 6.07) is 6.51. The lowest BCUT2D eigenvalue weighted by Crippen LogP contribution is -2.53. The molecule has 2 rings (SSSR count). The Morgan fingerprint density at radius 2 is 1.67 bits per heavy atom. The highest BCUT2D eigenvalue weighted by Crippen LogP contribution is 2.23. The van der Waals surface area contributed by atoms with Gasteiger partial charge < -0.3 is 10.1 Å². The van der Waals surface area contributed by atoms with Crippen molar-refractivity contribution in [3.05, 3.63) is 35.4 Å². The molecule has 3 amide bonds. The molecule has 0 saturated heterocycles. The molecule has 1 heterocycles. The summed E-state index contributed by atoms with van der Waals surface area (Å²) in [5, 5.41) is 12.5. The molecule has 1 aliphatic rings. The van der Waals surface area contributed by atoms with E-state index in [1.54, 1.807) is 52.0 Å². The molecule has 1 atom stereocenters. The Kier molecular flexibility index (Phi) is 4.59. The minimum absolute atomic E-state index is 0.322. The minimum atomic E-state index is -0.806. The first kappa shape index (κ1) is 17.5. The van der Waals surface area contributed by atoms with Gasteiger partial charge in [0.25, 0.3) is 11.8 Å². The molecule has 24 heavy (non-hydrogen) atoms. The van der Waals surface area contributed by atoms with Gasteiger partial charge in [0.05, 0.1) is 11.1 Å². The van der Waals surface area contributed by atoms with Crippen LogP contribution in [-0.4, -0.2) is 40.5 Å². The van der Waals surface area contributed by atoms with Crippen molar-refractivity contribution in [2.75, 3.05) is 0 Å². The SMILES string of the molecule is CC(NC(=N)NC(=O)OC(C)(C)C)N1C(=O)c2ccccc2C1=O. The second-order valence-electron chi connectivity index (χ2n) is 6.35. The molecule has 1 aliphatic heterocycles. The minimum Gasteiger partial charge on any atom is -0.444 e. The highest BCUT2D eigenvalue weighted by Gasteiger charge is 2.38. The number of nitrogens with zero attached hydrogens (tertiary/aromatic N) is 1. The fourth-order valence-electron chi connectivity index (χ4n) is 2.27. The van der Waals surface area contributed by atoms with E-state index in [0.717, 1.165) is 4.90 Å². The van der Waals surface area contributed by atoms with Crippen molar-refractivity contribution in [2.24, 2.45) is 0 Å². The first-order valence-electron chi connectivity index (χ1n) is 7.42. The normalized spacial score (nSPS) is 14.9. The van der Waals surface area contributed by atoms with Crippen molar-refractivity contribution in [1.29, 1.82) is 5.41 Å². The fourth-order valence-corrected chi connectivity index (χ4v) is 2.27. The van der Waals surface area contributed by atoms with Crippen LogP contribution in [0.25, 0.3) is 0 Å². The molecule has 3 N–H and O–H groups in total.